The maximum absolute atomic E-state index is 6.23. The van der Waals surface area contributed by atoms with Crippen molar-refractivity contribution in [2.24, 2.45) is 5.73 Å². The molecule has 0 spiro atoms. The van der Waals surface area contributed by atoms with Gasteiger partial charge in [0, 0.05) is 6.04 Å². The summed E-state index contributed by atoms with van der Waals surface area (Å²) < 4.78 is 6.05. The summed E-state index contributed by atoms with van der Waals surface area (Å²) in [5.74, 6) is 0.668. The fourth-order valence-corrected chi connectivity index (χ4v) is 2.44. The van der Waals surface area contributed by atoms with Crippen LogP contribution in [0.2, 0.25) is 5.02 Å². The van der Waals surface area contributed by atoms with E-state index in [1.54, 1.807) is 0 Å². The van der Waals surface area contributed by atoms with Gasteiger partial charge in [-0.15, -0.1) is 0 Å². The molecule has 2 N–H and O–H groups in total. The average molecular weight is 290 g/mol. The van der Waals surface area contributed by atoms with Crippen LogP contribution in [0.25, 0.3) is 0 Å². The smallest absolute Gasteiger partial charge is 0.139 e. The minimum atomic E-state index is -0.213. The number of rotatable bonds is 4. The Kier molecular flexibility index (Phi) is 4.69. The van der Waals surface area contributed by atoms with Gasteiger partial charge in [0.1, 0.15) is 11.9 Å². The van der Waals surface area contributed by atoms with E-state index in [1.165, 1.54) is 5.56 Å². The van der Waals surface area contributed by atoms with Gasteiger partial charge >= 0.3 is 0 Å². The summed E-state index contributed by atoms with van der Waals surface area (Å²) in [6.07, 6.45) is -0.213. The van der Waals surface area contributed by atoms with Crippen molar-refractivity contribution in [3.63, 3.8) is 0 Å². The topological polar surface area (TPSA) is 35.2 Å². The lowest BCUT2D eigenvalue weighted by molar-refractivity contribution is 0.180. The molecule has 0 bridgehead atoms. The lowest BCUT2D eigenvalue weighted by Gasteiger charge is -2.24. The number of nitrogens with two attached hydrogens (primary N) is 1. The van der Waals surface area contributed by atoms with Gasteiger partial charge in [0.05, 0.1) is 5.02 Å². The van der Waals surface area contributed by atoms with E-state index in [9.17, 15) is 0 Å². The Morgan fingerprint density at radius 2 is 1.75 bits per heavy atom. The quantitative estimate of drug-likeness (QED) is 0.904. The number of halogens is 1. The second-order valence-electron chi connectivity index (χ2n) is 5.25. The van der Waals surface area contributed by atoms with E-state index < -0.39 is 0 Å². The number of hydrogen-bond donors (Lipinski definition) is 1. The molecule has 2 aromatic carbocycles. The highest BCUT2D eigenvalue weighted by molar-refractivity contribution is 6.32. The number of aryl methyl sites for hydroxylation is 2. The molecule has 0 heterocycles. The van der Waals surface area contributed by atoms with Crippen molar-refractivity contribution in [2.75, 3.05) is 0 Å². The van der Waals surface area contributed by atoms with Gasteiger partial charge in [-0.2, -0.15) is 0 Å². The second kappa shape index (κ2) is 6.29. The molecule has 20 heavy (non-hydrogen) atoms. The molecule has 2 aromatic rings. The molecule has 106 valence electrons. The fourth-order valence-electron chi connectivity index (χ4n) is 2.16. The molecule has 3 heteroatoms. The number of hydrogen-bond acceptors (Lipinski definition) is 2. The molecular formula is C17H20ClNO. The van der Waals surface area contributed by atoms with Crippen LogP contribution in [0, 0.1) is 13.8 Å². The zero-order chi connectivity index (χ0) is 14.7. The van der Waals surface area contributed by atoms with Crippen LogP contribution in [0.15, 0.2) is 42.5 Å². The number of ether oxygens (including phenoxy) is 1. The summed E-state index contributed by atoms with van der Waals surface area (Å²) in [4.78, 5) is 0. The highest BCUT2D eigenvalue weighted by Crippen LogP contribution is 2.31. The summed E-state index contributed by atoms with van der Waals surface area (Å²) in [5, 5.41) is 0.614. The third-order valence-electron chi connectivity index (χ3n) is 3.19. The predicted molar refractivity (Wildman–Crippen MR) is 84.4 cm³/mol. The first kappa shape index (κ1) is 14.9. The van der Waals surface area contributed by atoms with Crippen LogP contribution < -0.4 is 10.5 Å². The third-order valence-corrected chi connectivity index (χ3v) is 3.48. The van der Waals surface area contributed by atoms with Crippen LogP contribution in [0.3, 0.4) is 0 Å². The van der Waals surface area contributed by atoms with Gasteiger partial charge in [0.15, 0.2) is 0 Å². The van der Waals surface area contributed by atoms with Crippen molar-refractivity contribution in [3.05, 3.63) is 64.2 Å². The molecule has 0 aromatic heterocycles. The van der Waals surface area contributed by atoms with Crippen LogP contribution in [-0.2, 0) is 0 Å². The van der Waals surface area contributed by atoms with Crippen LogP contribution in [0.5, 0.6) is 5.75 Å². The van der Waals surface area contributed by atoms with E-state index >= 15 is 0 Å². The largest absolute Gasteiger partial charge is 0.483 e. The van der Waals surface area contributed by atoms with Crippen molar-refractivity contribution in [2.45, 2.75) is 32.9 Å². The fraction of sp³-hybridized carbons (Fsp3) is 0.294. The lowest BCUT2D eigenvalue weighted by atomic mass is 10.0. The molecule has 2 nitrogen and oxygen atoms in total. The van der Waals surface area contributed by atoms with E-state index in [-0.39, 0.29) is 12.1 Å². The Bertz CT molecular complexity index is 595. The number of benzene rings is 2. The zero-order valence-corrected chi connectivity index (χ0v) is 12.8. The molecule has 0 saturated heterocycles. The lowest BCUT2D eigenvalue weighted by Crippen LogP contribution is -2.29. The van der Waals surface area contributed by atoms with Crippen LogP contribution in [0.1, 0.15) is 29.7 Å². The first-order valence-corrected chi connectivity index (χ1v) is 7.10. The molecule has 0 amide bonds. The molecule has 0 aliphatic heterocycles. The van der Waals surface area contributed by atoms with Crippen molar-refractivity contribution in [1.29, 1.82) is 0 Å². The van der Waals surface area contributed by atoms with E-state index in [1.807, 2.05) is 44.2 Å². The van der Waals surface area contributed by atoms with E-state index in [0.29, 0.717) is 10.8 Å². The molecular weight excluding hydrogens is 270 g/mol. The summed E-state index contributed by atoms with van der Waals surface area (Å²) in [6.45, 7) is 5.99. The first-order chi connectivity index (χ1) is 9.47. The standard InChI is InChI=1S/C17H20ClNO/c1-11-5-4-6-14(9-11)17(13(3)19)20-16-8-7-12(2)10-15(16)18/h4-10,13,17H,19H2,1-3H3. The van der Waals surface area contributed by atoms with Gasteiger partial charge in [-0.1, -0.05) is 47.5 Å². The van der Waals surface area contributed by atoms with E-state index in [4.69, 9.17) is 22.1 Å². The van der Waals surface area contributed by atoms with E-state index in [2.05, 4.69) is 19.1 Å². The van der Waals surface area contributed by atoms with Gasteiger partial charge in [-0.25, -0.2) is 0 Å². The van der Waals surface area contributed by atoms with Crippen molar-refractivity contribution in [1.82, 2.24) is 0 Å². The third kappa shape index (κ3) is 3.53. The zero-order valence-electron chi connectivity index (χ0n) is 12.1. The Hall–Kier alpha value is -1.51. The SMILES string of the molecule is Cc1cccc(C(Oc2ccc(C)cc2Cl)C(C)N)c1. The van der Waals surface area contributed by atoms with Gasteiger partial charge in [-0.3, -0.25) is 0 Å². The Morgan fingerprint density at radius 3 is 2.35 bits per heavy atom. The molecule has 0 fully saturated rings. The molecule has 2 atom stereocenters. The highest BCUT2D eigenvalue weighted by atomic mass is 35.5. The Balaban J connectivity index is 2.30. The van der Waals surface area contributed by atoms with Gasteiger partial charge in [-0.05, 0) is 44.0 Å². The van der Waals surface area contributed by atoms with Crippen molar-refractivity contribution in [3.8, 4) is 5.75 Å². The molecule has 0 aliphatic carbocycles. The van der Waals surface area contributed by atoms with Gasteiger partial charge in [0.2, 0.25) is 0 Å². The molecule has 0 saturated carbocycles. The first-order valence-electron chi connectivity index (χ1n) is 6.72. The maximum Gasteiger partial charge on any atom is 0.139 e. The van der Waals surface area contributed by atoms with Crippen LogP contribution >= 0.6 is 11.6 Å². The normalized spacial score (nSPS) is 13.8. The van der Waals surface area contributed by atoms with Crippen molar-refractivity contribution < 1.29 is 4.74 Å². The van der Waals surface area contributed by atoms with Crippen molar-refractivity contribution >= 4 is 11.6 Å². The second-order valence-corrected chi connectivity index (χ2v) is 5.65. The molecule has 2 unspecified atom stereocenters. The minimum Gasteiger partial charge on any atom is -0.483 e. The predicted octanol–water partition coefficient (Wildman–Crippen LogP) is 4.42. The summed E-state index contributed by atoms with van der Waals surface area (Å²) in [6, 6.07) is 13.8. The van der Waals surface area contributed by atoms with Crippen LogP contribution in [-0.4, -0.2) is 6.04 Å². The average Bonchev–Trinajstić information content (AvgIpc) is 2.37. The highest BCUT2D eigenvalue weighted by Gasteiger charge is 2.19. The van der Waals surface area contributed by atoms with E-state index in [0.717, 1.165) is 11.1 Å². The van der Waals surface area contributed by atoms with Crippen LogP contribution in [0.4, 0.5) is 0 Å². The summed E-state index contributed by atoms with van der Waals surface area (Å²) in [7, 11) is 0. The molecule has 0 aliphatic rings. The summed E-state index contributed by atoms with van der Waals surface area (Å²) in [5.41, 5.74) is 9.44. The minimum absolute atomic E-state index is 0.130. The molecule has 2 rings (SSSR count). The molecule has 0 radical (unpaired) electrons. The van der Waals surface area contributed by atoms with Gasteiger partial charge < -0.3 is 10.5 Å². The summed E-state index contributed by atoms with van der Waals surface area (Å²) >= 11 is 6.23. The Morgan fingerprint density at radius 1 is 1.05 bits per heavy atom. The maximum atomic E-state index is 6.23. The monoisotopic (exact) mass is 289 g/mol. The van der Waals surface area contributed by atoms with Gasteiger partial charge in [0.25, 0.3) is 0 Å². The Labute approximate surface area is 125 Å².